The lowest BCUT2D eigenvalue weighted by Crippen LogP contribution is -2.46. The van der Waals surface area contributed by atoms with E-state index in [-0.39, 0.29) is 18.7 Å². The zero-order valence-corrected chi connectivity index (χ0v) is 20.5. The maximum Gasteiger partial charge on any atom is 0.259 e. The summed E-state index contributed by atoms with van der Waals surface area (Å²) in [6.45, 7) is 4.16. The number of guanidine groups is 1. The number of aliphatic hydroxyl groups is 1. The Morgan fingerprint density at radius 2 is 2.17 bits per heavy atom. The smallest absolute Gasteiger partial charge is 0.259 e. The first-order valence-electron chi connectivity index (χ1n) is 11.8. The number of thioether (sulfide) groups is 1. The van der Waals surface area contributed by atoms with Crippen molar-refractivity contribution in [3.63, 3.8) is 0 Å². The zero-order valence-electron chi connectivity index (χ0n) is 19.6. The van der Waals surface area contributed by atoms with Gasteiger partial charge in [0.15, 0.2) is 11.5 Å². The molecule has 2 atom stereocenters. The molecule has 0 radical (unpaired) electrons. The largest absolute Gasteiger partial charge is 0.491 e. The molecule has 186 valence electrons. The fourth-order valence-electron chi connectivity index (χ4n) is 4.54. The normalized spacial score (nSPS) is 20.5. The van der Waals surface area contributed by atoms with Crippen LogP contribution in [0.25, 0.3) is 0 Å². The minimum absolute atomic E-state index is 0.141. The number of nitrogens with zero attached hydrogens (tertiary/aromatic N) is 4. The first kappa shape index (κ1) is 23.9. The molecule has 2 unspecified atom stereocenters. The second-order valence-electron chi connectivity index (χ2n) is 8.59. The third-order valence-electron chi connectivity index (χ3n) is 6.27. The summed E-state index contributed by atoms with van der Waals surface area (Å²) in [5, 5.41) is 16.9. The van der Waals surface area contributed by atoms with Gasteiger partial charge in [0.05, 0.1) is 12.7 Å². The van der Waals surface area contributed by atoms with Crippen LogP contribution in [-0.4, -0.2) is 95.8 Å². The van der Waals surface area contributed by atoms with E-state index in [1.54, 1.807) is 25.4 Å². The van der Waals surface area contributed by atoms with Crippen molar-refractivity contribution in [2.75, 3.05) is 57.9 Å². The van der Waals surface area contributed by atoms with Crippen LogP contribution in [0.2, 0.25) is 0 Å². The van der Waals surface area contributed by atoms with Crippen molar-refractivity contribution in [2.45, 2.75) is 12.3 Å². The maximum atomic E-state index is 12.8. The van der Waals surface area contributed by atoms with Gasteiger partial charge in [-0.2, -0.15) is 11.8 Å². The number of aliphatic hydroxyl groups excluding tert-OH is 1. The molecule has 35 heavy (non-hydrogen) atoms. The highest BCUT2D eigenvalue weighted by Gasteiger charge is 2.36. The van der Waals surface area contributed by atoms with Gasteiger partial charge in [0.2, 0.25) is 5.96 Å². The number of carbonyl (C=O) groups is 1. The van der Waals surface area contributed by atoms with Gasteiger partial charge in [0.25, 0.3) is 5.91 Å². The van der Waals surface area contributed by atoms with Crippen LogP contribution in [0.4, 0.5) is 5.69 Å². The molecule has 0 spiro atoms. The predicted molar refractivity (Wildman–Crippen MR) is 135 cm³/mol. The molecule has 2 fully saturated rings. The third-order valence-corrected chi connectivity index (χ3v) is 7.21. The number of amides is 1. The van der Waals surface area contributed by atoms with Crippen molar-refractivity contribution in [1.82, 2.24) is 25.4 Å². The second-order valence-corrected chi connectivity index (χ2v) is 9.82. The first-order valence-corrected chi connectivity index (χ1v) is 12.9. The van der Waals surface area contributed by atoms with Crippen molar-refractivity contribution < 1.29 is 19.4 Å². The van der Waals surface area contributed by atoms with Crippen LogP contribution in [0.5, 0.6) is 11.5 Å². The number of pyridine rings is 1. The lowest BCUT2D eigenvalue weighted by Gasteiger charge is -2.33. The number of ether oxygens (including phenoxy) is 2. The van der Waals surface area contributed by atoms with E-state index < -0.39 is 6.10 Å². The summed E-state index contributed by atoms with van der Waals surface area (Å²) in [7, 11) is 1.57. The van der Waals surface area contributed by atoms with E-state index in [0.717, 1.165) is 36.7 Å². The number of nitrogens with one attached hydrogen (secondary N) is 2. The number of aromatic nitrogens is 1. The number of benzene rings is 1. The number of methoxy groups -OCH3 is 1. The summed E-state index contributed by atoms with van der Waals surface area (Å²) >= 11 is 1.94. The molecule has 3 N–H and O–H groups in total. The van der Waals surface area contributed by atoms with E-state index in [1.807, 2.05) is 28.8 Å². The molecule has 3 aliphatic heterocycles. The predicted octanol–water partition coefficient (Wildman–Crippen LogP) is 1.21. The van der Waals surface area contributed by atoms with Gasteiger partial charge in [-0.15, -0.1) is 0 Å². The average molecular weight is 499 g/mol. The summed E-state index contributed by atoms with van der Waals surface area (Å²) in [5.74, 6) is 3.33. The summed E-state index contributed by atoms with van der Waals surface area (Å²) in [6, 6.07) is 7.24. The molecule has 1 aromatic heterocycles. The van der Waals surface area contributed by atoms with Gasteiger partial charge in [-0.05, 0) is 24.3 Å². The molecule has 3 aliphatic rings. The third kappa shape index (κ3) is 5.22. The van der Waals surface area contributed by atoms with E-state index >= 15 is 0 Å². The van der Waals surface area contributed by atoms with E-state index in [4.69, 9.17) is 14.5 Å². The van der Waals surface area contributed by atoms with Crippen LogP contribution in [0.15, 0.2) is 41.7 Å². The van der Waals surface area contributed by atoms with Gasteiger partial charge in [0, 0.05) is 62.2 Å². The van der Waals surface area contributed by atoms with Gasteiger partial charge in [0.1, 0.15) is 24.6 Å². The molecule has 1 aromatic carbocycles. The molecule has 1 amide bonds. The Morgan fingerprint density at radius 1 is 1.31 bits per heavy atom. The maximum absolute atomic E-state index is 12.8. The topological polar surface area (TPSA) is 112 Å². The molecule has 0 saturated carbocycles. The first-order chi connectivity index (χ1) is 17.1. The number of aliphatic imine (C=N–C) groups is 1. The molecular formula is C24H30N6O4S. The Balaban J connectivity index is 1.36. The quantitative estimate of drug-likeness (QED) is 0.519. The van der Waals surface area contributed by atoms with Gasteiger partial charge in [-0.3, -0.25) is 25.3 Å². The van der Waals surface area contributed by atoms with Crippen molar-refractivity contribution >= 4 is 29.3 Å². The van der Waals surface area contributed by atoms with Crippen molar-refractivity contribution in [3.05, 3.63) is 47.8 Å². The van der Waals surface area contributed by atoms with Crippen LogP contribution in [0.3, 0.4) is 0 Å². The highest BCUT2D eigenvalue weighted by molar-refractivity contribution is 7.99. The fourth-order valence-corrected chi connectivity index (χ4v) is 5.52. The van der Waals surface area contributed by atoms with Crippen LogP contribution in [-0.2, 0) is 0 Å². The SMILES string of the molecule is COc1c(OCC(O)CN2CCSCC2)ccc2c1N=C(NC(=O)c1cccnc1)N1CCNC21. The minimum atomic E-state index is -0.608. The Kier molecular flexibility index (Phi) is 7.37. The van der Waals surface area contributed by atoms with Crippen LogP contribution >= 0.6 is 11.8 Å². The minimum Gasteiger partial charge on any atom is -0.491 e. The molecule has 0 aliphatic carbocycles. The Morgan fingerprint density at radius 3 is 2.94 bits per heavy atom. The number of hydrogen-bond donors (Lipinski definition) is 3. The zero-order chi connectivity index (χ0) is 24.2. The molecular weight excluding hydrogens is 468 g/mol. The summed E-state index contributed by atoms with van der Waals surface area (Å²) in [5.41, 5.74) is 2.00. The number of hydrogen-bond acceptors (Lipinski definition) is 10. The van der Waals surface area contributed by atoms with Crippen molar-refractivity contribution in [2.24, 2.45) is 4.99 Å². The summed E-state index contributed by atoms with van der Waals surface area (Å²) in [6.07, 6.45) is 2.40. The Hall–Kier alpha value is -2.86. The van der Waals surface area contributed by atoms with Gasteiger partial charge in [-0.25, -0.2) is 4.99 Å². The second kappa shape index (κ2) is 10.8. The van der Waals surface area contributed by atoms with Crippen molar-refractivity contribution in [3.8, 4) is 11.5 Å². The van der Waals surface area contributed by atoms with Crippen molar-refractivity contribution in [1.29, 1.82) is 0 Å². The molecule has 2 aromatic rings. The lowest BCUT2D eigenvalue weighted by molar-refractivity contribution is 0.0705. The lowest BCUT2D eigenvalue weighted by atomic mass is 10.1. The van der Waals surface area contributed by atoms with Crippen LogP contribution in [0.1, 0.15) is 22.1 Å². The Labute approximate surface area is 208 Å². The average Bonchev–Trinajstić information content (AvgIpc) is 3.39. The monoisotopic (exact) mass is 498 g/mol. The fraction of sp³-hybridized carbons (Fsp3) is 0.458. The molecule has 10 nitrogen and oxygen atoms in total. The summed E-state index contributed by atoms with van der Waals surface area (Å²) in [4.78, 5) is 25.9. The highest BCUT2D eigenvalue weighted by Crippen LogP contribution is 2.46. The van der Waals surface area contributed by atoms with Gasteiger partial charge < -0.3 is 19.5 Å². The molecule has 2 saturated heterocycles. The van der Waals surface area contributed by atoms with E-state index in [9.17, 15) is 9.90 Å². The van der Waals surface area contributed by atoms with Gasteiger partial charge >= 0.3 is 0 Å². The van der Waals surface area contributed by atoms with E-state index in [1.165, 1.54) is 6.20 Å². The molecule has 11 heteroatoms. The van der Waals surface area contributed by atoms with Crippen LogP contribution in [0, 0.1) is 0 Å². The number of β-amino-alcohol motifs (C(OH)–C–C–N with tert-alkyl or cyclic N) is 1. The summed E-state index contributed by atoms with van der Waals surface area (Å²) < 4.78 is 11.7. The van der Waals surface area contributed by atoms with E-state index in [2.05, 4.69) is 20.5 Å². The number of carbonyl (C=O) groups excluding carboxylic acids is 1. The van der Waals surface area contributed by atoms with E-state index in [0.29, 0.717) is 41.8 Å². The standard InChI is InChI=1S/C24H30N6O4S/c1-33-21-19(34-15-17(31)14-29-9-11-35-12-10-29)5-4-18-20(21)27-24(30-8-7-26-22(18)30)28-23(32)16-3-2-6-25-13-16/h2-6,13,17,22,26,31H,7-12,14-15H2,1H3,(H,27,28,32). The molecule has 5 rings (SSSR count). The molecule has 0 bridgehead atoms. The number of rotatable bonds is 7. The molecule has 4 heterocycles. The Bertz CT molecular complexity index is 1080. The van der Waals surface area contributed by atoms with Gasteiger partial charge in [-0.1, -0.05) is 0 Å². The van der Waals surface area contributed by atoms with Crippen LogP contribution < -0.4 is 20.1 Å². The highest BCUT2D eigenvalue weighted by atomic mass is 32.2. The number of fused-ring (bicyclic) bond motifs is 3.